The topological polar surface area (TPSA) is 90.3 Å². The summed E-state index contributed by atoms with van der Waals surface area (Å²) in [6, 6.07) is 8.77. The average Bonchev–Trinajstić information content (AvgIpc) is 3.16. The predicted octanol–water partition coefficient (Wildman–Crippen LogP) is 2.75. The van der Waals surface area contributed by atoms with E-state index in [2.05, 4.69) is 10.3 Å². The van der Waals surface area contributed by atoms with Gasteiger partial charge in [0.05, 0.1) is 18.1 Å². The van der Waals surface area contributed by atoms with Crippen LogP contribution in [0.15, 0.2) is 46.8 Å². The Hall–Kier alpha value is -2.71. The monoisotopic (exact) mass is 419 g/mol. The number of carbonyl (C=O) groups excluding carboxylic acids is 2. The van der Waals surface area contributed by atoms with Gasteiger partial charge < -0.3 is 10.1 Å². The first-order valence-electron chi connectivity index (χ1n) is 8.58. The third-order valence-corrected chi connectivity index (χ3v) is 5.14. The molecule has 2 aromatic heterocycles. The highest BCUT2D eigenvalue weighted by Crippen LogP contribution is 2.13. The number of carbonyl (C=O) groups is 2. The SMILES string of the molecule is C[C@@H](OC(=O)CCn1cnc2sccc2c1=O)C(=O)NCc1ccc(Cl)cc1. The lowest BCUT2D eigenvalue weighted by Crippen LogP contribution is -2.35. The smallest absolute Gasteiger partial charge is 0.308 e. The molecule has 1 N–H and O–H groups in total. The predicted molar refractivity (Wildman–Crippen MR) is 107 cm³/mol. The van der Waals surface area contributed by atoms with Gasteiger partial charge in [-0.05, 0) is 36.1 Å². The highest BCUT2D eigenvalue weighted by atomic mass is 35.5. The number of nitrogens with one attached hydrogen (secondary N) is 1. The van der Waals surface area contributed by atoms with Crippen LogP contribution < -0.4 is 10.9 Å². The van der Waals surface area contributed by atoms with E-state index in [0.717, 1.165) is 5.56 Å². The molecule has 1 amide bonds. The Morgan fingerprint density at radius 2 is 2.04 bits per heavy atom. The zero-order valence-electron chi connectivity index (χ0n) is 15.1. The maximum Gasteiger partial charge on any atom is 0.308 e. The molecule has 0 spiro atoms. The second-order valence-corrected chi connectivity index (χ2v) is 7.44. The van der Waals surface area contributed by atoms with Gasteiger partial charge in [0.25, 0.3) is 11.5 Å². The zero-order chi connectivity index (χ0) is 20.1. The molecule has 3 aromatic rings. The van der Waals surface area contributed by atoms with Gasteiger partial charge in [-0.25, -0.2) is 4.98 Å². The number of esters is 1. The summed E-state index contributed by atoms with van der Waals surface area (Å²) in [4.78, 5) is 41.2. The Labute approximate surface area is 169 Å². The van der Waals surface area contributed by atoms with Crippen molar-refractivity contribution in [3.63, 3.8) is 0 Å². The molecule has 0 aliphatic rings. The second kappa shape index (κ2) is 8.99. The number of rotatable bonds is 7. The van der Waals surface area contributed by atoms with E-state index < -0.39 is 18.0 Å². The molecule has 2 heterocycles. The van der Waals surface area contributed by atoms with Crippen LogP contribution in [0.2, 0.25) is 5.02 Å². The van der Waals surface area contributed by atoms with Gasteiger partial charge in [-0.2, -0.15) is 0 Å². The molecule has 3 rings (SSSR count). The van der Waals surface area contributed by atoms with Crippen LogP contribution in [-0.4, -0.2) is 27.5 Å². The minimum absolute atomic E-state index is 0.0357. The summed E-state index contributed by atoms with van der Waals surface area (Å²) in [6.45, 7) is 1.94. The molecule has 1 atom stereocenters. The number of benzene rings is 1. The molecule has 0 saturated carbocycles. The molecule has 1 aromatic carbocycles. The van der Waals surface area contributed by atoms with Crippen molar-refractivity contribution < 1.29 is 14.3 Å². The minimum atomic E-state index is -0.936. The van der Waals surface area contributed by atoms with Crippen molar-refractivity contribution >= 4 is 45.0 Å². The first-order chi connectivity index (χ1) is 13.4. The number of halogens is 1. The summed E-state index contributed by atoms with van der Waals surface area (Å²) >= 11 is 7.20. The number of aromatic nitrogens is 2. The van der Waals surface area contributed by atoms with Crippen LogP contribution in [0.1, 0.15) is 18.9 Å². The van der Waals surface area contributed by atoms with Crippen molar-refractivity contribution in [1.82, 2.24) is 14.9 Å². The van der Waals surface area contributed by atoms with Crippen LogP contribution in [0.25, 0.3) is 10.2 Å². The van der Waals surface area contributed by atoms with Gasteiger partial charge in [-0.3, -0.25) is 19.0 Å². The summed E-state index contributed by atoms with van der Waals surface area (Å²) in [5.41, 5.74) is 0.680. The highest BCUT2D eigenvalue weighted by molar-refractivity contribution is 7.16. The maximum absolute atomic E-state index is 12.3. The number of thiophene rings is 1. The van der Waals surface area contributed by atoms with Crippen LogP contribution in [0, 0.1) is 0 Å². The zero-order valence-corrected chi connectivity index (χ0v) is 16.6. The first-order valence-corrected chi connectivity index (χ1v) is 9.84. The number of fused-ring (bicyclic) bond motifs is 1. The van der Waals surface area contributed by atoms with Crippen LogP contribution >= 0.6 is 22.9 Å². The molecule has 7 nitrogen and oxygen atoms in total. The molecule has 0 fully saturated rings. The Bertz CT molecular complexity index is 1050. The van der Waals surface area contributed by atoms with Crippen molar-refractivity contribution in [3.8, 4) is 0 Å². The van der Waals surface area contributed by atoms with Crippen molar-refractivity contribution in [2.75, 3.05) is 0 Å². The maximum atomic E-state index is 12.3. The summed E-state index contributed by atoms with van der Waals surface area (Å²) < 4.78 is 6.51. The lowest BCUT2D eigenvalue weighted by Gasteiger charge is -2.14. The van der Waals surface area contributed by atoms with E-state index >= 15 is 0 Å². The normalized spacial score (nSPS) is 11.9. The first kappa shape index (κ1) is 20.0. The summed E-state index contributed by atoms with van der Waals surface area (Å²) in [5, 5.41) is 5.63. The molecule has 9 heteroatoms. The van der Waals surface area contributed by atoms with Gasteiger partial charge in [0.2, 0.25) is 0 Å². The lowest BCUT2D eigenvalue weighted by atomic mass is 10.2. The van der Waals surface area contributed by atoms with Gasteiger partial charge in [0.1, 0.15) is 4.83 Å². The molecule has 0 saturated heterocycles. The molecule has 0 aliphatic heterocycles. The van der Waals surface area contributed by atoms with E-state index in [1.165, 1.54) is 29.2 Å². The number of hydrogen-bond acceptors (Lipinski definition) is 6. The van der Waals surface area contributed by atoms with Crippen LogP contribution in [0.5, 0.6) is 0 Å². The molecular formula is C19H18ClN3O4S. The molecule has 0 radical (unpaired) electrons. The summed E-state index contributed by atoms with van der Waals surface area (Å²) in [7, 11) is 0. The molecule has 146 valence electrons. The van der Waals surface area contributed by atoms with E-state index in [1.807, 2.05) is 0 Å². The third-order valence-electron chi connectivity index (χ3n) is 4.06. The van der Waals surface area contributed by atoms with Crippen LogP contribution in [0.4, 0.5) is 0 Å². The lowest BCUT2D eigenvalue weighted by molar-refractivity contribution is -0.155. The van der Waals surface area contributed by atoms with E-state index in [0.29, 0.717) is 21.8 Å². The van der Waals surface area contributed by atoms with Crippen LogP contribution in [0.3, 0.4) is 0 Å². The minimum Gasteiger partial charge on any atom is -0.452 e. The van der Waals surface area contributed by atoms with Crippen molar-refractivity contribution in [1.29, 1.82) is 0 Å². The Morgan fingerprint density at radius 1 is 1.29 bits per heavy atom. The Kier molecular flexibility index (Phi) is 6.43. The number of amides is 1. The number of aryl methyl sites for hydroxylation is 1. The van der Waals surface area contributed by atoms with Crippen LogP contribution in [-0.2, 0) is 27.4 Å². The van der Waals surface area contributed by atoms with E-state index in [9.17, 15) is 14.4 Å². The van der Waals surface area contributed by atoms with Crippen molar-refractivity contribution in [3.05, 3.63) is 63.0 Å². The molecule has 0 aliphatic carbocycles. The Morgan fingerprint density at radius 3 is 2.79 bits per heavy atom. The van der Waals surface area contributed by atoms with E-state index in [-0.39, 0.29) is 18.5 Å². The van der Waals surface area contributed by atoms with Gasteiger partial charge in [-0.1, -0.05) is 23.7 Å². The van der Waals surface area contributed by atoms with Gasteiger partial charge >= 0.3 is 5.97 Å². The summed E-state index contributed by atoms with van der Waals surface area (Å²) in [6.07, 6.45) is 0.442. The van der Waals surface area contributed by atoms with Crippen molar-refractivity contribution in [2.24, 2.45) is 0 Å². The second-order valence-electron chi connectivity index (χ2n) is 6.11. The number of nitrogens with zero attached hydrogens (tertiary/aromatic N) is 2. The highest BCUT2D eigenvalue weighted by Gasteiger charge is 2.17. The fourth-order valence-corrected chi connectivity index (χ4v) is 3.36. The molecule has 0 unspecified atom stereocenters. The molecular weight excluding hydrogens is 402 g/mol. The molecule has 0 bridgehead atoms. The van der Waals surface area contributed by atoms with Gasteiger partial charge in [0.15, 0.2) is 6.10 Å². The average molecular weight is 420 g/mol. The van der Waals surface area contributed by atoms with Gasteiger partial charge in [0, 0.05) is 18.1 Å². The fraction of sp³-hybridized carbons (Fsp3) is 0.263. The van der Waals surface area contributed by atoms with Crippen molar-refractivity contribution in [2.45, 2.75) is 32.5 Å². The van der Waals surface area contributed by atoms with E-state index in [1.54, 1.807) is 35.7 Å². The van der Waals surface area contributed by atoms with E-state index in [4.69, 9.17) is 16.3 Å². The number of hydrogen-bond donors (Lipinski definition) is 1. The quantitative estimate of drug-likeness (QED) is 0.594. The summed E-state index contributed by atoms with van der Waals surface area (Å²) in [5.74, 6) is -0.965. The number of ether oxygens (including phenoxy) is 1. The molecule has 28 heavy (non-hydrogen) atoms. The fourth-order valence-electron chi connectivity index (χ4n) is 2.51. The Balaban J connectivity index is 1.47. The van der Waals surface area contributed by atoms with Gasteiger partial charge in [-0.15, -0.1) is 11.3 Å². The standard InChI is InChI=1S/C19H18ClN3O4S/c1-12(17(25)21-10-13-2-4-14(20)5-3-13)27-16(24)6-8-23-11-22-18-15(19(23)26)7-9-28-18/h2-5,7,9,11-12H,6,8,10H2,1H3,(H,21,25)/t12-/m1/s1. The largest absolute Gasteiger partial charge is 0.452 e. The third kappa shape index (κ3) is 4.96.